The van der Waals surface area contributed by atoms with E-state index in [0.29, 0.717) is 35.1 Å². The van der Waals surface area contributed by atoms with Crippen molar-refractivity contribution in [3.05, 3.63) is 17.8 Å². The van der Waals surface area contributed by atoms with Gasteiger partial charge < -0.3 is 15.2 Å². The third kappa shape index (κ3) is 4.62. The quantitative estimate of drug-likeness (QED) is 0.290. The van der Waals surface area contributed by atoms with E-state index in [9.17, 15) is 4.79 Å². The van der Waals surface area contributed by atoms with Gasteiger partial charge in [0.1, 0.15) is 5.75 Å². The fourth-order valence-corrected chi connectivity index (χ4v) is 3.40. The third-order valence-electron chi connectivity index (χ3n) is 4.87. The smallest absolute Gasteiger partial charge is 0.308 e. The molecule has 0 saturated heterocycles. The fourth-order valence-electron chi connectivity index (χ4n) is 3.40. The van der Waals surface area contributed by atoms with Gasteiger partial charge in [-0.3, -0.25) is 10.0 Å². The van der Waals surface area contributed by atoms with E-state index in [-0.39, 0.29) is 24.0 Å². The third-order valence-corrected chi connectivity index (χ3v) is 4.87. The lowest BCUT2D eigenvalue weighted by atomic mass is 9.87. The average molecular weight is 403 g/mol. The number of hydroxylamine groups is 1. The zero-order valence-electron chi connectivity index (χ0n) is 16.6. The second-order valence-electron chi connectivity index (χ2n) is 6.90. The molecule has 0 amide bonds. The van der Waals surface area contributed by atoms with E-state index in [1.807, 2.05) is 13.0 Å². The van der Waals surface area contributed by atoms with Crippen LogP contribution < -0.4 is 16.0 Å². The lowest BCUT2D eigenvalue weighted by Crippen LogP contribution is -2.30. The molecule has 2 aromatic heterocycles. The number of pyridine rings is 1. The van der Waals surface area contributed by atoms with Crippen LogP contribution >= 0.6 is 0 Å². The average Bonchev–Trinajstić information content (AvgIpc) is 3.09. The summed E-state index contributed by atoms with van der Waals surface area (Å²) < 4.78 is 12.4. The Morgan fingerprint density at radius 3 is 2.90 bits per heavy atom. The number of nitrogens with one attached hydrogen (secondary N) is 1. The number of nitrogens with two attached hydrogens (primary N) is 1. The molecule has 0 unspecified atom stereocenters. The van der Waals surface area contributed by atoms with Crippen LogP contribution in [0.15, 0.2) is 17.1 Å². The molecule has 2 aromatic rings. The van der Waals surface area contributed by atoms with Gasteiger partial charge in [-0.15, -0.1) is 5.10 Å². The SMILES string of the molecule is COC(=O)[C@H]1CCC[C@H](Oc2ccc(-c3nnn(C)c3/N=C(/N)NO)nc2C)C1. The minimum Gasteiger partial charge on any atom is -0.489 e. The highest BCUT2D eigenvalue weighted by molar-refractivity contribution is 5.82. The van der Waals surface area contributed by atoms with Gasteiger partial charge in [-0.1, -0.05) is 5.21 Å². The van der Waals surface area contributed by atoms with E-state index in [1.54, 1.807) is 18.6 Å². The molecule has 1 aliphatic rings. The fraction of sp³-hybridized carbons (Fsp3) is 0.500. The van der Waals surface area contributed by atoms with Gasteiger partial charge in [0, 0.05) is 7.05 Å². The summed E-state index contributed by atoms with van der Waals surface area (Å²) in [5, 5.41) is 16.9. The van der Waals surface area contributed by atoms with Crippen molar-refractivity contribution in [3.8, 4) is 17.1 Å². The Labute approximate surface area is 167 Å². The van der Waals surface area contributed by atoms with E-state index in [2.05, 4.69) is 20.3 Å². The molecule has 156 valence electrons. The number of esters is 1. The molecule has 1 fully saturated rings. The number of aromatic nitrogens is 4. The maximum atomic E-state index is 11.8. The van der Waals surface area contributed by atoms with E-state index in [0.717, 1.165) is 19.3 Å². The largest absolute Gasteiger partial charge is 0.489 e. The molecule has 1 aliphatic carbocycles. The van der Waals surface area contributed by atoms with Gasteiger partial charge in [0.2, 0.25) is 5.96 Å². The van der Waals surface area contributed by atoms with Crippen molar-refractivity contribution in [2.24, 2.45) is 23.7 Å². The first-order valence-corrected chi connectivity index (χ1v) is 9.29. The normalized spacial score (nSPS) is 19.7. The van der Waals surface area contributed by atoms with Gasteiger partial charge >= 0.3 is 5.97 Å². The molecule has 0 aliphatic heterocycles. The predicted octanol–water partition coefficient (Wildman–Crippen LogP) is 1.22. The minimum absolute atomic E-state index is 0.0636. The van der Waals surface area contributed by atoms with E-state index >= 15 is 0 Å². The van der Waals surface area contributed by atoms with Crippen molar-refractivity contribution in [2.45, 2.75) is 38.7 Å². The maximum Gasteiger partial charge on any atom is 0.308 e. The van der Waals surface area contributed by atoms with Crippen LogP contribution in [0.5, 0.6) is 5.75 Å². The first-order valence-electron chi connectivity index (χ1n) is 9.29. The summed E-state index contributed by atoms with van der Waals surface area (Å²) in [4.78, 5) is 20.4. The standard InChI is InChI=1S/C18H25N7O4/c1-10-14(29-12-6-4-5-11(9-12)17(26)28-3)8-7-13(20-10)15-16(21-18(19)23-27)25(2)24-22-15/h7-8,11-12,27H,4-6,9H2,1-3H3,(H3,19,21,23)/t11-,12-/m0/s1. The van der Waals surface area contributed by atoms with Crippen LogP contribution in [0.25, 0.3) is 11.4 Å². The molecule has 0 radical (unpaired) electrons. The van der Waals surface area contributed by atoms with Crippen LogP contribution in [0.3, 0.4) is 0 Å². The Morgan fingerprint density at radius 1 is 1.41 bits per heavy atom. The van der Waals surface area contributed by atoms with Gasteiger partial charge in [-0.2, -0.15) is 4.99 Å². The predicted molar refractivity (Wildman–Crippen MR) is 104 cm³/mol. The minimum atomic E-state index is -0.189. The number of aliphatic imine (C=N–C) groups is 1. The Morgan fingerprint density at radius 2 is 2.21 bits per heavy atom. The first-order chi connectivity index (χ1) is 13.9. The van der Waals surface area contributed by atoms with Crippen molar-refractivity contribution in [1.29, 1.82) is 0 Å². The first kappa shape index (κ1) is 20.5. The zero-order valence-corrected chi connectivity index (χ0v) is 16.6. The number of aryl methyl sites for hydroxylation is 2. The van der Waals surface area contributed by atoms with Gasteiger partial charge in [-0.05, 0) is 44.7 Å². The summed E-state index contributed by atoms with van der Waals surface area (Å²) in [5.74, 6) is 0.492. The molecule has 0 bridgehead atoms. The second kappa shape index (κ2) is 8.86. The number of ether oxygens (including phenoxy) is 2. The van der Waals surface area contributed by atoms with Crippen LogP contribution in [-0.4, -0.2) is 50.3 Å². The highest BCUT2D eigenvalue weighted by Gasteiger charge is 2.29. The van der Waals surface area contributed by atoms with Crippen molar-refractivity contribution >= 4 is 17.7 Å². The van der Waals surface area contributed by atoms with Crippen molar-refractivity contribution < 1.29 is 19.5 Å². The molecule has 0 aromatic carbocycles. The van der Waals surface area contributed by atoms with E-state index in [1.165, 1.54) is 11.8 Å². The highest BCUT2D eigenvalue weighted by atomic mass is 16.5. The number of hydrogen-bond acceptors (Lipinski definition) is 8. The van der Waals surface area contributed by atoms with Crippen molar-refractivity contribution in [3.63, 3.8) is 0 Å². The monoisotopic (exact) mass is 403 g/mol. The molecule has 2 atom stereocenters. The Hall–Kier alpha value is -3.21. The molecular weight excluding hydrogens is 378 g/mol. The Balaban J connectivity index is 1.79. The number of carbonyl (C=O) groups is 1. The number of carbonyl (C=O) groups excluding carboxylic acids is 1. The molecule has 4 N–H and O–H groups in total. The molecule has 11 heteroatoms. The summed E-state index contributed by atoms with van der Waals surface area (Å²) >= 11 is 0. The molecule has 3 rings (SSSR count). The lowest BCUT2D eigenvalue weighted by molar-refractivity contribution is -0.147. The van der Waals surface area contributed by atoms with Crippen molar-refractivity contribution in [2.75, 3.05) is 7.11 Å². The van der Waals surface area contributed by atoms with Gasteiger partial charge in [0.05, 0.1) is 30.5 Å². The summed E-state index contributed by atoms with van der Waals surface area (Å²) in [6, 6.07) is 3.57. The number of hydrogen-bond donors (Lipinski definition) is 3. The highest BCUT2D eigenvalue weighted by Crippen LogP contribution is 2.32. The Bertz CT molecular complexity index is 912. The lowest BCUT2D eigenvalue weighted by Gasteiger charge is -2.28. The van der Waals surface area contributed by atoms with Gasteiger partial charge in [0.25, 0.3) is 0 Å². The molecule has 2 heterocycles. The maximum absolute atomic E-state index is 11.8. The number of rotatable bonds is 5. The molecular formula is C18H25N7O4. The second-order valence-corrected chi connectivity index (χ2v) is 6.90. The number of nitrogens with zero attached hydrogens (tertiary/aromatic N) is 5. The zero-order chi connectivity index (χ0) is 21.0. The van der Waals surface area contributed by atoms with Crippen LogP contribution in [0.4, 0.5) is 5.82 Å². The van der Waals surface area contributed by atoms with E-state index in [4.69, 9.17) is 20.4 Å². The molecule has 1 saturated carbocycles. The summed E-state index contributed by atoms with van der Waals surface area (Å²) in [7, 11) is 3.07. The number of guanidine groups is 1. The van der Waals surface area contributed by atoms with Gasteiger partial charge in [-0.25, -0.2) is 15.1 Å². The topological polar surface area (TPSA) is 150 Å². The summed E-state index contributed by atoms with van der Waals surface area (Å²) in [6.45, 7) is 1.84. The van der Waals surface area contributed by atoms with Gasteiger partial charge in [0.15, 0.2) is 11.5 Å². The molecule has 29 heavy (non-hydrogen) atoms. The number of methoxy groups -OCH3 is 1. The van der Waals surface area contributed by atoms with Crippen LogP contribution in [0.1, 0.15) is 31.4 Å². The molecule has 0 spiro atoms. The van der Waals surface area contributed by atoms with Crippen LogP contribution in [0, 0.1) is 12.8 Å². The van der Waals surface area contributed by atoms with Crippen LogP contribution in [0.2, 0.25) is 0 Å². The summed E-state index contributed by atoms with van der Waals surface area (Å²) in [5.41, 5.74) is 8.95. The summed E-state index contributed by atoms with van der Waals surface area (Å²) in [6.07, 6.45) is 3.18. The van der Waals surface area contributed by atoms with Crippen molar-refractivity contribution in [1.82, 2.24) is 25.5 Å². The Kier molecular flexibility index (Phi) is 6.27. The van der Waals surface area contributed by atoms with E-state index < -0.39 is 0 Å². The molecule has 11 nitrogen and oxygen atoms in total. The van der Waals surface area contributed by atoms with Crippen LogP contribution in [-0.2, 0) is 16.6 Å².